The molecule has 6 heteroatoms. The molecule has 2 aliphatic rings. The zero-order valence-corrected chi connectivity index (χ0v) is 14.6. The molecule has 1 fully saturated rings. The van der Waals surface area contributed by atoms with Crippen molar-refractivity contribution < 1.29 is 24.1 Å². The van der Waals surface area contributed by atoms with Crippen molar-refractivity contribution in [2.24, 2.45) is 0 Å². The topological polar surface area (TPSA) is 68.2 Å². The van der Waals surface area contributed by atoms with Crippen molar-refractivity contribution >= 4 is 6.09 Å². The first-order chi connectivity index (χ1) is 12.0. The van der Waals surface area contributed by atoms with Crippen LogP contribution in [0, 0.1) is 0 Å². The molecule has 0 bridgehead atoms. The Kier molecular flexibility index (Phi) is 5.42. The lowest BCUT2D eigenvalue weighted by molar-refractivity contribution is -0.303. The molecule has 1 saturated heterocycles. The van der Waals surface area contributed by atoms with Gasteiger partial charge in [-0.15, -0.1) is 0 Å². The summed E-state index contributed by atoms with van der Waals surface area (Å²) in [6.07, 6.45) is 2.47. The van der Waals surface area contributed by atoms with Gasteiger partial charge in [0.2, 0.25) is 0 Å². The number of nitrogens with zero attached hydrogens (tertiary/aromatic N) is 1. The smallest absolute Gasteiger partial charge is 0.410 e. The van der Waals surface area contributed by atoms with E-state index in [1.54, 1.807) is 24.8 Å². The highest BCUT2D eigenvalue weighted by atomic mass is 16.7. The number of ether oxygens (including phenoxy) is 3. The highest BCUT2D eigenvalue weighted by molar-refractivity contribution is 5.68. The van der Waals surface area contributed by atoms with E-state index in [0.29, 0.717) is 19.6 Å². The molecule has 2 heterocycles. The molecule has 1 aromatic carbocycles. The average Bonchev–Trinajstić information content (AvgIpc) is 2.59. The number of fused-ring (bicyclic) bond motifs is 1. The van der Waals surface area contributed by atoms with Gasteiger partial charge in [0.05, 0.1) is 12.6 Å². The number of carbonyl (C=O) groups is 1. The minimum absolute atomic E-state index is 0.208. The van der Waals surface area contributed by atoms with Gasteiger partial charge in [0.25, 0.3) is 0 Å². The number of rotatable bonds is 2. The maximum atomic E-state index is 12.6. The lowest BCUT2D eigenvalue weighted by Crippen LogP contribution is -2.61. The van der Waals surface area contributed by atoms with E-state index in [1.165, 1.54) is 0 Å². The van der Waals surface area contributed by atoms with Crippen molar-refractivity contribution in [2.45, 2.75) is 50.9 Å². The predicted molar refractivity (Wildman–Crippen MR) is 91.8 cm³/mol. The number of aliphatic hydroxyl groups excluding tert-OH is 1. The van der Waals surface area contributed by atoms with Gasteiger partial charge in [0, 0.05) is 6.54 Å². The fourth-order valence-electron chi connectivity index (χ4n) is 3.14. The van der Waals surface area contributed by atoms with Crippen LogP contribution < -0.4 is 0 Å². The van der Waals surface area contributed by atoms with Gasteiger partial charge in [-0.2, -0.15) is 0 Å². The van der Waals surface area contributed by atoms with Gasteiger partial charge in [0.15, 0.2) is 5.79 Å². The summed E-state index contributed by atoms with van der Waals surface area (Å²) in [5, 5.41) is 10.4. The van der Waals surface area contributed by atoms with Crippen LogP contribution in [0.5, 0.6) is 0 Å². The Morgan fingerprint density at radius 1 is 1.36 bits per heavy atom. The zero-order chi connectivity index (χ0) is 17.9. The Balaban J connectivity index is 1.72. The molecule has 1 amide bonds. The minimum Gasteiger partial charge on any atom is -0.445 e. The number of benzene rings is 1. The monoisotopic (exact) mass is 347 g/mol. The molecular formula is C19H25NO5. The molecule has 6 nitrogen and oxygen atoms in total. The molecule has 0 aliphatic carbocycles. The van der Waals surface area contributed by atoms with Crippen molar-refractivity contribution in [2.75, 3.05) is 13.2 Å². The van der Waals surface area contributed by atoms with E-state index in [1.807, 2.05) is 36.4 Å². The number of amides is 1. The van der Waals surface area contributed by atoms with Crippen molar-refractivity contribution in [3.63, 3.8) is 0 Å². The summed E-state index contributed by atoms with van der Waals surface area (Å²) in [6, 6.07) is 9.15. The van der Waals surface area contributed by atoms with Crippen LogP contribution in [0.4, 0.5) is 4.79 Å². The highest BCUT2D eigenvalue weighted by Crippen LogP contribution is 2.29. The summed E-state index contributed by atoms with van der Waals surface area (Å²) in [7, 11) is 0. The summed E-state index contributed by atoms with van der Waals surface area (Å²) in [4.78, 5) is 14.3. The summed E-state index contributed by atoms with van der Waals surface area (Å²) < 4.78 is 17.1. The second kappa shape index (κ2) is 7.56. The molecule has 0 unspecified atom stereocenters. The number of aliphatic hydroxyl groups is 1. The SMILES string of the molecule is CC1(C)OC[C@@H]2[C@@H](O1)[C@H](O)/C=C\CCN2C(=O)OCc1ccccc1. The normalized spacial score (nSPS) is 29.9. The Bertz CT molecular complexity index is 616. The van der Waals surface area contributed by atoms with Crippen LogP contribution in [-0.2, 0) is 20.8 Å². The molecule has 1 aromatic rings. The fourth-order valence-corrected chi connectivity index (χ4v) is 3.14. The predicted octanol–water partition coefficient (Wildman–Crippen LogP) is 2.47. The lowest BCUT2D eigenvalue weighted by Gasteiger charge is -2.46. The van der Waals surface area contributed by atoms with E-state index < -0.39 is 30.1 Å². The molecule has 1 N–H and O–H groups in total. The summed E-state index contributed by atoms with van der Waals surface area (Å²) in [5.41, 5.74) is 0.927. The van der Waals surface area contributed by atoms with Gasteiger partial charge < -0.3 is 19.3 Å². The minimum atomic E-state index is -0.797. The van der Waals surface area contributed by atoms with E-state index >= 15 is 0 Å². The first-order valence-electron chi connectivity index (χ1n) is 8.60. The molecule has 2 aliphatic heterocycles. The second-order valence-electron chi connectivity index (χ2n) is 6.80. The van der Waals surface area contributed by atoms with Gasteiger partial charge in [-0.25, -0.2) is 4.79 Å². The molecule has 0 radical (unpaired) electrons. The number of carbonyl (C=O) groups excluding carboxylic acids is 1. The van der Waals surface area contributed by atoms with E-state index in [2.05, 4.69) is 0 Å². The zero-order valence-electron chi connectivity index (χ0n) is 14.6. The van der Waals surface area contributed by atoms with Gasteiger partial charge >= 0.3 is 6.09 Å². The van der Waals surface area contributed by atoms with Crippen LogP contribution in [-0.4, -0.2) is 53.3 Å². The highest BCUT2D eigenvalue weighted by Gasteiger charge is 2.44. The Labute approximate surface area is 148 Å². The number of hydrogen-bond donors (Lipinski definition) is 1. The van der Waals surface area contributed by atoms with E-state index in [4.69, 9.17) is 14.2 Å². The summed E-state index contributed by atoms with van der Waals surface area (Å²) in [6.45, 7) is 4.60. The van der Waals surface area contributed by atoms with E-state index in [-0.39, 0.29) is 6.61 Å². The van der Waals surface area contributed by atoms with Crippen molar-refractivity contribution in [1.82, 2.24) is 4.90 Å². The molecule has 3 atom stereocenters. The van der Waals surface area contributed by atoms with Crippen molar-refractivity contribution in [1.29, 1.82) is 0 Å². The van der Waals surface area contributed by atoms with Crippen molar-refractivity contribution in [3.05, 3.63) is 48.0 Å². The Morgan fingerprint density at radius 2 is 2.12 bits per heavy atom. The molecule has 3 rings (SSSR count). The first kappa shape index (κ1) is 17.9. The first-order valence-corrected chi connectivity index (χ1v) is 8.60. The number of hydrogen-bond acceptors (Lipinski definition) is 5. The quantitative estimate of drug-likeness (QED) is 0.833. The third-order valence-corrected chi connectivity index (χ3v) is 4.45. The van der Waals surface area contributed by atoms with Crippen LogP contribution in [0.2, 0.25) is 0 Å². The van der Waals surface area contributed by atoms with Crippen LogP contribution in [0.1, 0.15) is 25.8 Å². The summed E-state index contributed by atoms with van der Waals surface area (Å²) >= 11 is 0. The van der Waals surface area contributed by atoms with Crippen LogP contribution >= 0.6 is 0 Å². The summed E-state index contributed by atoms with van der Waals surface area (Å²) in [5.74, 6) is -0.797. The molecule has 25 heavy (non-hydrogen) atoms. The van der Waals surface area contributed by atoms with Crippen molar-refractivity contribution in [3.8, 4) is 0 Å². The van der Waals surface area contributed by atoms with E-state index in [9.17, 15) is 9.90 Å². The maximum absolute atomic E-state index is 12.6. The fraction of sp³-hybridized carbons (Fsp3) is 0.526. The molecule has 136 valence electrons. The van der Waals surface area contributed by atoms with Gasteiger partial charge in [-0.3, -0.25) is 4.90 Å². The third-order valence-electron chi connectivity index (χ3n) is 4.45. The van der Waals surface area contributed by atoms with Crippen LogP contribution in [0.15, 0.2) is 42.5 Å². The second-order valence-corrected chi connectivity index (χ2v) is 6.80. The third kappa shape index (κ3) is 4.39. The maximum Gasteiger partial charge on any atom is 0.410 e. The average molecular weight is 347 g/mol. The molecule has 0 aromatic heterocycles. The van der Waals surface area contributed by atoms with Gasteiger partial charge in [-0.05, 0) is 25.8 Å². The van der Waals surface area contributed by atoms with Crippen LogP contribution in [0.25, 0.3) is 0 Å². The van der Waals surface area contributed by atoms with E-state index in [0.717, 1.165) is 5.56 Å². The molecule has 0 spiro atoms. The lowest BCUT2D eigenvalue weighted by atomic mass is 9.99. The molecule has 0 saturated carbocycles. The van der Waals surface area contributed by atoms with Crippen LogP contribution in [0.3, 0.4) is 0 Å². The Hall–Kier alpha value is -1.89. The van der Waals surface area contributed by atoms with Gasteiger partial charge in [0.1, 0.15) is 18.8 Å². The standard InChI is InChI=1S/C19H25NO5/c1-19(2)24-13-15-17(25-19)16(21)10-6-7-11-20(15)18(22)23-12-14-8-4-3-5-9-14/h3-6,8-10,15-17,21H,7,11-13H2,1-2H3/b10-6-/t15-,16-,17-/m1/s1. The Morgan fingerprint density at radius 3 is 2.88 bits per heavy atom. The van der Waals surface area contributed by atoms with Gasteiger partial charge in [-0.1, -0.05) is 42.5 Å². The largest absolute Gasteiger partial charge is 0.445 e. The molecular weight excluding hydrogens is 322 g/mol.